The quantitative estimate of drug-likeness (QED) is 0.816. The van der Waals surface area contributed by atoms with Gasteiger partial charge in [0.25, 0.3) is 0 Å². The Bertz CT molecular complexity index is 576. The monoisotopic (exact) mass is 264 g/mol. The second-order valence-electron chi connectivity index (χ2n) is 3.95. The Morgan fingerprint density at radius 2 is 1.74 bits per heavy atom. The van der Waals surface area contributed by atoms with E-state index < -0.39 is 18.8 Å². The molecule has 0 unspecified atom stereocenters. The third kappa shape index (κ3) is 3.30. The molecule has 19 heavy (non-hydrogen) atoms. The lowest BCUT2D eigenvalue weighted by Crippen LogP contribution is -2.31. The van der Waals surface area contributed by atoms with Gasteiger partial charge in [-0.1, -0.05) is 24.3 Å². The second kappa shape index (κ2) is 5.82. The smallest absolute Gasteiger partial charge is 0.489 e. The number of rotatable bonds is 4. The fourth-order valence-corrected chi connectivity index (χ4v) is 1.62. The van der Waals surface area contributed by atoms with Crippen LogP contribution >= 0.6 is 0 Å². The van der Waals surface area contributed by atoms with Gasteiger partial charge in [-0.05, 0) is 23.8 Å². The molecule has 0 saturated heterocycles. The topological polar surface area (TPSA) is 49.7 Å². The third-order valence-electron chi connectivity index (χ3n) is 2.58. The third-order valence-corrected chi connectivity index (χ3v) is 2.58. The second-order valence-corrected chi connectivity index (χ2v) is 3.95. The van der Waals surface area contributed by atoms with Gasteiger partial charge in [0.2, 0.25) is 0 Å². The van der Waals surface area contributed by atoms with Gasteiger partial charge in [-0.25, -0.2) is 8.78 Å². The Morgan fingerprint density at radius 3 is 2.42 bits per heavy atom. The highest BCUT2D eigenvalue weighted by Crippen LogP contribution is 2.13. The molecule has 0 spiro atoms. The molecule has 0 aromatic heterocycles. The van der Waals surface area contributed by atoms with Crippen molar-refractivity contribution in [2.75, 3.05) is 0 Å². The van der Waals surface area contributed by atoms with E-state index in [1.807, 2.05) is 0 Å². The van der Waals surface area contributed by atoms with Crippen LogP contribution in [0, 0.1) is 11.6 Å². The number of hydrogen-bond donors (Lipinski definition) is 2. The van der Waals surface area contributed by atoms with Crippen molar-refractivity contribution in [2.24, 2.45) is 0 Å². The summed E-state index contributed by atoms with van der Waals surface area (Å²) >= 11 is 0. The molecule has 2 aromatic rings. The minimum absolute atomic E-state index is 0.000926. The Hall–Kier alpha value is -1.92. The maximum Gasteiger partial charge on any atom is 0.492 e. The van der Waals surface area contributed by atoms with E-state index in [4.69, 9.17) is 14.8 Å². The van der Waals surface area contributed by atoms with Gasteiger partial charge in [0.15, 0.2) is 11.6 Å². The van der Waals surface area contributed by atoms with Gasteiger partial charge < -0.3 is 14.8 Å². The van der Waals surface area contributed by atoms with E-state index in [9.17, 15) is 8.78 Å². The van der Waals surface area contributed by atoms with Crippen molar-refractivity contribution in [3.63, 3.8) is 0 Å². The number of benzene rings is 2. The van der Waals surface area contributed by atoms with E-state index in [2.05, 4.69) is 0 Å². The number of hydrogen-bond acceptors (Lipinski definition) is 3. The number of para-hydroxylation sites is 1. The summed E-state index contributed by atoms with van der Waals surface area (Å²) in [5, 5.41) is 18.3. The van der Waals surface area contributed by atoms with Crippen molar-refractivity contribution in [1.82, 2.24) is 0 Å². The number of halogens is 2. The summed E-state index contributed by atoms with van der Waals surface area (Å²) in [7, 11) is -1.65. The largest absolute Gasteiger partial charge is 0.492 e. The summed E-state index contributed by atoms with van der Waals surface area (Å²) in [5.74, 6) is -1.59. The highest BCUT2D eigenvalue weighted by Gasteiger charge is 2.16. The molecule has 0 aliphatic rings. The molecule has 0 atom stereocenters. The zero-order valence-electron chi connectivity index (χ0n) is 9.88. The van der Waals surface area contributed by atoms with Crippen LogP contribution in [-0.4, -0.2) is 17.2 Å². The van der Waals surface area contributed by atoms with Gasteiger partial charge in [-0.15, -0.1) is 0 Å². The minimum Gasteiger partial charge on any atom is -0.489 e. The van der Waals surface area contributed by atoms with E-state index in [0.717, 1.165) is 12.1 Å². The van der Waals surface area contributed by atoms with E-state index in [0.29, 0.717) is 5.56 Å². The van der Waals surface area contributed by atoms with Crippen molar-refractivity contribution in [2.45, 2.75) is 6.61 Å². The molecule has 2 aromatic carbocycles. The lowest BCUT2D eigenvalue weighted by atomic mass is 9.79. The fourth-order valence-electron chi connectivity index (χ4n) is 1.62. The first-order valence-electron chi connectivity index (χ1n) is 5.59. The first-order chi connectivity index (χ1) is 9.08. The molecule has 0 saturated carbocycles. The van der Waals surface area contributed by atoms with Gasteiger partial charge in [0.05, 0.1) is 0 Å². The van der Waals surface area contributed by atoms with Crippen molar-refractivity contribution < 1.29 is 23.6 Å². The average molecular weight is 264 g/mol. The highest BCUT2D eigenvalue weighted by atomic mass is 19.2. The minimum atomic E-state index is -1.65. The Labute approximate surface area is 109 Å². The summed E-state index contributed by atoms with van der Waals surface area (Å²) in [6.45, 7) is 0.000926. The molecular weight excluding hydrogens is 253 g/mol. The molecule has 0 aliphatic carbocycles. The van der Waals surface area contributed by atoms with E-state index in [-0.39, 0.29) is 17.8 Å². The lowest BCUT2D eigenvalue weighted by molar-refractivity contribution is 0.305. The van der Waals surface area contributed by atoms with Gasteiger partial charge >= 0.3 is 7.12 Å². The van der Waals surface area contributed by atoms with Crippen LogP contribution < -0.4 is 10.2 Å². The molecule has 6 heteroatoms. The van der Waals surface area contributed by atoms with Gasteiger partial charge in [-0.2, -0.15) is 0 Å². The summed E-state index contributed by atoms with van der Waals surface area (Å²) in [6, 6.07) is 9.83. The first kappa shape index (κ1) is 13.5. The van der Waals surface area contributed by atoms with Crippen molar-refractivity contribution in [1.29, 1.82) is 0 Å². The molecule has 0 amide bonds. The predicted octanol–water partition coefficient (Wildman–Crippen LogP) is 1.22. The first-order valence-corrected chi connectivity index (χ1v) is 5.59. The van der Waals surface area contributed by atoms with Crippen LogP contribution in [0.1, 0.15) is 5.56 Å². The van der Waals surface area contributed by atoms with Crippen molar-refractivity contribution in [3.8, 4) is 5.75 Å². The van der Waals surface area contributed by atoms with Crippen LogP contribution in [-0.2, 0) is 6.61 Å². The predicted molar refractivity (Wildman–Crippen MR) is 67.0 cm³/mol. The summed E-state index contributed by atoms with van der Waals surface area (Å²) in [5.41, 5.74) is 0.659. The van der Waals surface area contributed by atoms with Crippen LogP contribution in [0.4, 0.5) is 8.78 Å². The maximum atomic E-state index is 13.0. The van der Waals surface area contributed by atoms with Crippen LogP contribution in [0.2, 0.25) is 0 Å². The highest BCUT2D eigenvalue weighted by molar-refractivity contribution is 6.59. The number of ether oxygens (including phenoxy) is 1. The van der Waals surface area contributed by atoms with Crippen LogP contribution in [0.3, 0.4) is 0 Å². The van der Waals surface area contributed by atoms with Gasteiger partial charge in [0.1, 0.15) is 12.4 Å². The zero-order valence-corrected chi connectivity index (χ0v) is 9.88. The molecule has 3 nitrogen and oxygen atoms in total. The van der Waals surface area contributed by atoms with E-state index >= 15 is 0 Å². The molecule has 98 valence electrons. The van der Waals surface area contributed by atoms with E-state index in [1.54, 1.807) is 18.2 Å². The SMILES string of the molecule is OB(O)c1ccccc1OCc1ccc(F)c(F)c1. The summed E-state index contributed by atoms with van der Waals surface area (Å²) in [4.78, 5) is 0. The lowest BCUT2D eigenvalue weighted by Gasteiger charge is -2.11. The molecule has 0 radical (unpaired) electrons. The Morgan fingerprint density at radius 1 is 1.00 bits per heavy atom. The van der Waals surface area contributed by atoms with Crippen LogP contribution in [0.25, 0.3) is 0 Å². The van der Waals surface area contributed by atoms with Gasteiger partial charge in [0, 0.05) is 5.46 Å². The normalized spacial score (nSPS) is 10.3. The standard InChI is InChI=1S/C13H11BF2O3/c15-11-6-5-9(7-12(11)16)8-19-13-4-2-1-3-10(13)14(17)18/h1-7,17-18H,8H2. The molecule has 2 rings (SSSR count). The Kier molecular flexibility index (Phi) is 4.14. The van der Waals surface area contributed by atoms with Crippen molar-refractivity contribution >= 4 is 12.6 Å². The molecule has 0 fully saturated rings. The summed E-state index contributed by atoms with van der Waals surface area (Å²) < 4.78 is 31.1. The van der Waals surface area contributed by atoms with Crippen molar-refractivity contribution in [3.05, 3.63) is 59.7 Å². The molecule has 0 heterocycles. The Balaban J connectivity index is 2.12. The molecular formula is C13H11BF2O3. The zero-order chi connectivity index (χ0) is 13.8. The molecule has 2 N–H and O–H groups in total. The van der Waals surface area contributed by atoms with Crippen LogP contribution in [0.5, 0.6) is 5.75 Å². The fraction of sp³-hybridized carbons (Fsp3) is 0.0769. The average Bonchev–Trinajstić information content (AvgIpc) is 2.40. The summed E-state index contributed by atoms with van der Waals surface area (Å²) in [6.07, 6.45) is 0. The molecule has 0 aliphatic heterocycles. The maximum absolute atomic E-state index is 13.0. The van der Waals surface area contributed by atoms with Gasteiger partial charge in [-0.3, -0.25) is 0 Å². The van der Waals surface area contributed by atoms with E-state index in [1.165, 1.54) is 12.1 Å². The van der Waals surface area contributed by atoms with Crippen LogP contribution in [0.15, 0.2) is 42.5 Å². The molecule has 0 bridgehead atoms.